The van der Waals surface area contributed by atoms with Crippen LogP contribution in [0.25, 0.3) is 0 Å². The third kappa shape index (κ3) is 6.40. The largest absolute Gasteiger partial charge is 0.497 e. The van der Waals surface area contributed by atoms with Gasteiger partial charge in [-0.1, -0.05) is 30.3 Å². The maximum absolute atomic E-state index is 6.05. The van der Waals surface area contributed by atoms with Crippen LogP contribution in [0.1, 0.15) is 11.1 Å². The fourth-order valence-corrected chi connectivity index (χ4v) is 2.74. The van der Waals surface area contributed by atoms with E-state index >= 15 is 0 Å². The molecule has 136 valence electrons. The highest BCUT2D eigenvalue weighted by Crippen LogP contribution is 2.21. The predicted octanol–water partition coefficient (Wildman–Crippen LogP) is 3.44. The Hall–Kier alpha value is -2.04. The molecule has 0 fully saturated rings. The molecular formula is C21H29NO3. The lowest BCUT2D eigenvalue weighted by molar-refractivity contribution is 0.0396. The molecular weight excluding hydrogens is 314 g/mol. The lowest BCUT2D eigenvalue weighted by Gasteiger charge is -2.21. The molecule has 0 radical (unpaired) electrons. The van der Waals surface area contributed by atoms with E-state index in [1.807, 2.05) is 38.4 Å². The van der Waals surface area contributed by atoms with Gasteiger partial charge in [0.15, 0.2) is 0 Å². The van der Waals surface area contributed by atoms with Crippen LogP contribution in [-0.4, -0.2) is 52.5 Å². The summed E-state index contributed by atoms with van der Waals surface area (Å²) in [7, 11) is 7.50. The van der Waals surface area contributed by atoms with E-state index in [0.29, 0.717) is 6.61 Å². The first-order chi connectivity index (χ1) is 12.1. The van der Waals surface area contributed by atoms with E-state index in [9.17, 15) is 0 Å². The minimum atomic E-state index is 0.0569. The summed E-state index contributed by atoms with van der Waals surface area (Å²) in [5, 5.41) is 0. The Morgan fingerprint density at radius 2 is 1.76 bits per heavy atom. The number of aryl methyl sites for hydroxylation is 2. The first-order valence-corrected chi connectivity index (χ1v) is 8.63. The normalized spacial score (nSPS) is 12.2. The van der Waals surface area contributed by atoms with Gasteiger partial charge in [-0.05, 0) is 56.3 Å². The predicted molar refractivity (Wildman–Crippen MR) is 102 cm³/mol. The van der Waals surface area contributed by atoms with Crippen molar-refractivity contribution >= 4 is 0 Å². The van der Waals surface area contributed by atoms with Crippen LogP contribution < -0.4 is 9.47 Å². The van der Waals surface area contributed by atoms with E-state index in [1.165, 1.54) is 11.1 Å². The Bertz CT molecular complexity index is 643. The molecule has 4 heteroatoms. The van der Waals surface area contributed by atoms with E-state index in [4.69, 9.17) is 14.2 Å². The van der Waals surface area contributed by atoms with Gasteiger partial charge >= 0.3 is 0 Å². The van der Waals surface area contributed by atoms with Gasteiger partial charge in [0.25, 0.3) is 0 Å². The van der Waals surface area contributed by atoms with Gasteiger partial charge in [-0.2, -0.15) is 0 Å². The zero-order valence-corrected chi connectivity index (χ0v) is 15.7. The fraction of sp³-hybridized carbons (Fsp3) is 0.429. The summed E-state index contributed by atoms with van der Waals surface area (Å²) in [4.78, 5) is 2.10. The number of hydrogen-bond acceptors (Lipinski definition) is 4. The van der Waals surface area contributed by atoms with Crippen LogP contribution in [0.4, 0.5) is 0 Å². The highest BCUT2D eigenvalue weighted by molar-refractivity contribution is 5.35. The van der Waals surface area contributed by atoms with Gasteiger partial charge in [0.05, 0.1) is 7.11 Å². The summed E-state index contributed by atoms with van der Waals surface area (Å²) in [6.07, 6.45) is 1.93. The molecule has 0 amide bonds. The van der Waals surface area contributed by atoms with Crippen molar-refractivity contribution in [3.8, 4) is 11.5 Å². The maximum Gasteiger partial charge on any atom is 0.122 e. The standard InChI is InChI=1S/C21H29NO3/c1-22(2)15-20(24-4)16-25-21-11-6-5-9-18(21)13-12-17-8-7-10-19(14-17)23-3/h5-11,14,20H,12-13,15-16H2,1-4H3/t20-/m0/s1. The molecule has 25 heavy (non-hydrogen) atoms. The van der Waals surface area contributed by atoms with E-state index < -0.39 is 0 Å². The van der Waals surface area contributed by atoms with E-state index in [-0.39, 0.29) is 6.10 Å². The van der Waals surface area contributed by atoms with Crippen LogP contribution in [0.15, 0.2) is 48.5 Å². The zero-order chi connectivity index (χ0) is 18.1. The number of hydrogen-bond donors (Lipinski definition) is 0. The Labute approximate surface area is 151 Å². The third-order valence-corrected chi connectivity index (χ3v) is 4.12. The minimum Gasteiger partial charge on any atom is -0.497 e. The second-order valence-electron chi connectivity index (χ2n) is 6.39. The van der Waals surface area contributed by atoms with Gasteiger partial charge in [-0.25, -0.2) is 0 Å². The molecule has 4 nitrogen and oxygen atoms in total. The third-order valence-electron chi connectivity index (χ3n) is 4.12. The molecule has 1 atom stereocenters. The van der Waals surface area contributed by atoms with Gasteiger partial charge in [-0.15, -0.1) is 0 Å². The highest BCUT2D eigenvalue weighted by Gasteiger charge is 2.11. The average Bonchev–Trinajstić information content (AvgIpc) is 2.64. The topological polar surface area (TPSA) is 30.9 Å². The monoisotopic (exact) mass is 343 g/mol. The summed E-state index contributed by atoms with van der Waals surface area (Å²) in [6.45, 7) is 1.38. The zero-order valence-electron chi connectivity index (χ0n) is 15.7. The van der Waals surface area contributed by atoms with Gasteiger partial charge in [-0.3, -0.25) is 0 Å². The first kappa shape index (κ1) is 19.3. The SMILES string of the molecule is COc1cccc(CCc2ccccc2OC[C@H](CN(C)C)OC)c1. The van der Waals surface area contributed by atoms with Gasteiger partial charge < -0.3 is 19.1 Å². The average molecular weight is 343 g/mol. The molecule has 0 aliphatic carbocycles. The molecule has 0 saturated heterocycles. The van der Waals surface area contributed by atoms with Gasteiger partial charge in [0.1, 0.15) is 24.2 Å². The number of rotatable bonds is 10. The molecule has 0 aliphatic heterocycles. The molecule has 0 N–H and O–H groups in total. The maximum atomic E-state index is 6.05. The van der Waals surface area contributed by atoms with Crippen molar-refractivity contribution in [2.24, 2.45) is 0 Å². The van der Waals surface area contributed by atoms with Crippen LogP contribution in [0.3, 0.4) is 0 Å². The number of likely N-dealkylation sites (N-methyl/N-ethyl adjacent to an activating group) is 1. The summed E-state index contributed by atoms with van der Waals surface area (Å²) in [5.74, 6) is 1.83. The molecule has 0 unspecified atom stereocenters. The summed E-state index contributed by atoms with van der Waals surface area (Å²) in [5.41, 5.74) is 2.47. The molecule has 2 aromatic carbocycles. The lowest BCUT2D eigenvalue weighted by atomic mass is 10.0. The van der Waals surface area contributed by atoms with Crippen LogP contribution in [0, 0.1) is 0 Å². The molecule has 0 bridgehead atoms. The summed E-state index contributed by atoms with van der Waals surface area (Å²) >= 11 is 0. The highest BCUT2D eigenvalue weighted by atomic mass is 16.5. The molecule has 0 aromatic heterocycles. The molecule has 0 heterocycles. The van der Waals surface area contributed by atoms with Crippen molar-refractivity contribution in [2.75, 3.05) is 41.5 Å². The van der Waals surface area contributed by atoms with Crippen LogP contribution in [0.5, 0.6) is 11.5 Å². The Morgan fingerprint density at radius 3 is 2.48 bits per heavy atom. The molecule has 2 aromatic rings. The van der Waals surface area contributed by atoms with Crippen molar-refractivity contribution in [2.45, 2.75) is 18.9 Å². The van der Waals surface area contributed by atoms with E-state index in [0.717, 1.165) is 30.9 Å². The van der Waals surface area contributed by atoms with Crippen LogP contribution >= 0.6 is 0 Å². The van der Waals surface area contributed by atoms with Crippen LogP contribution in [0.2, 0.25) is 0 Å². The number of ether oxygens (including phenoxy) is 3. The van der Waals surface area contributed by atoms with Crippen molar-refractivity contribution in [1.29, 1.82) is 0 Å². The van der Waals surface area contributed by atoms with E-state index in [1.54, 1.807) is 14.2 Å². The van der Waals surface area contributed by atoms with Gasteiger partial charge in [0, 0.05) is 13.7 Å². The number of para-hydroxylation sites is 1. The first-order valence-electron chi connectivity index (χ1n) is 8.63. The number of methoxy groups -OCH3 is 2. The van der Waals surface area contributed by atoms with Crippen LogP contribution in [-0.2, 0) is 17.6 Å². The molecule has 2 rings (SSSR count). The van der Waals surface area contributed by atoms with Crippen molar-refractivity contribution in [3.63, 3.8) is 0 Å². The summed E-state index contributed by atoms with van der Waals surface area (Å²) in [6, 6.07) is 16.4. The Balaban J connectivity index is 1.97. The number of nitrogens with zero attached hydrogens (tertiary/aromatic N) is 1. The Kier molecular flexibility index (Phi) is 7.76. The number of benzene rings is 2. The smallest absolute Gasteiger partial charge is 0.122 e. The molecule has 0 aliphatic rings. The van der Waals surface area contributed by atoms with E-state index in [2.05, 4.69) is 29.2 Å². The summed E-state index contributed by atoms with van der Waals surface area (Å²) < 4.78 is 16.8. The molecule has 0 spiro atoms. The lowest BCUT2D eigenvalue weighted by Crippen LogP contribution is -2.32. The Morgan fingerprint density at radius 1 is 0.960 bits per heavy atom. The quantitative estimate of drug-likeness (QED) is 0.661. The van der Waals surface area contributed by atoms with Crippen molar-refractivity contribution in [3.05, 3.63) is 59.7 Å². The van der Waals surface area contributed by atoms with Crippen molar-refractivity contribution in [1.82, 2.24) is 4.90 Å². The van der Waals surface area contributed by atoms with Gasteiger partial charge in [0.2, 0.25) is 0 Å². The van der Waals surface area contributed by atoms with Crippen molar-refractivity contribution < 1.29 is 14.2 Å². The second-order valence-corrected chi connectivity index (χ2v) is 6.39. The molecule has 0 saturated carbocycles. The second kappa shape index (κ2) is 10.1. The minimum absolute atomic E-state index is 0.0569. The fourth-order valence-electron chi connectivity index (χ4n) is 2.74.